The Morgan fingerprint density at radius 2 is 1.52 bits per heavy atom. The van der Waals surface area contributed by atoms with Gasteiger partial charge in [0.05, 0.1) is 30.8 Å². The van der Waals surface area contributed by atoms with E-state index in [0.29, 0.717) is 58.3 Å². The first-order valence-electron chi connectivity index (χ1n) is 21.4. The first kappa shape index (κ1) is 46.2. The number of pyridine rings is 1. The number of likely N-dealkylation sites (tertiary alicyclic amines) is 1. The molecule has 5 rings (SSSR count). The zero-order valence-electron chi connectivity index (χ0n) is 35.6. The number of carbonyl (C=O) groups excluding carboxylic acids is 6. The smallest absolute Gasteiger partial charge is 0.326 e. The minimum absolute atomic E-state index is 0.0514. The van der Waals surface area contributed by atoms with Gasteiger partial charge in [0.15, 0.2) is 0 Å². The topological polar surface area (TPSA) is 183 Å². The van der Waals surface area contributed by atoms with E-state index in [1.807, 2.05) is 42.5 Å². The van der Waals surface area contributed by atoms with Crippen LogP contribution in [0.25, 0.3) is 0 Å². The van der Waals surface area contributed by atoms with Gasteiger partial charge in [-0.15, -0.1) is 0 Å². The van der Waals surface area contributed by atoms with Crippen molar-refractivity contribution in [3.05, 3.63) is 66.0 Å². The largest absolute Gasteiger partial charge is 0.459 e. The highest BCUT2D eigenvalue weighted by molar-refractivity contribution is 5.90. The van der Waals surface area contributed by atoms with E-state index < -0.39 is 23.5 Å². The van der Waals surface area contributed by atoms with Crippen LogP contribution in [0.4, 0.5) is 0 Å². The van der Waals surface area contributed by atoms with Crippen LogP contribution < -0.4 is 10.6 Å². The molecule has 328 valence electrons. The zero-order chi connectivity index (χ0) is 43.1. The lowest BCUT2D eigenvalue weighted by Crippen LogP contribution is -2.46. The molecule has 0 spiro atoms. The second-order valence-corrected chi connectivity index (χ2v) is 17.1. The normalized spacial score (nSPS) is 23.1. The third kappa shape index (κ3) is 14.7. The second kappa shape index (κ2) is 22.6. The summed E-state index contributed by atoms with van der Waals surface area (Å²) in [6.45, 7) is 5.82. The molecule has 2 saturated carbocycles. The van der Waals surface area contributed by atoms with Gasteiger partial charge in [-0.1, -0.05) is 36.4 Å². The summed E-state index contributed by atoms with van der Waals surface area (Å²) < 4.78 is 23.0. The average molecular weight is 834 g/mol. The molecule has 3 fully saturated rings. The number of nitrogens with one attached hydrogen (secondary N) is 2. The van der Waals surface area contributed by atoms with Crippen LogP contribution in [-0.4, -0.2) is 114 Å². The summed E-state index contributed by atoms with van der Waals surface area (Å²) in [6.07, 6.45) is 10.4. The van der Waals surface area contributed by atoms with Crippen molar-refractivity contribution >= 4 is 35.6 Å². The summed E-state index contributed by atoms with van der Waals surface area (Å²) in [4.78, 5) is 84.3. The Morgan fingerprint density at radius 1 is 0.850 bits per heavy atom. The summed E-state index contributed by atoms with van der Waals surface area (Å²) >= 11 is 0. The highest BCUT2D eigenvalue weighted by Gasteiger charge is 2.42. The third-order valence-corrected chi connectivity index (χ3v) is 11.3. The third-order valence-electron chi connectivity index (χ3n) is 11.3. The molecule has 1 saturated heterocycles. The van der Waals surface area contributed by atoms with Gasteiger partial charge in [0.1, 0.15) is 25.3 Å². The quantitative estimate of drug-likeness (QED) is 0.151. The van der Waals surface area contributed by atoms with Gasteiger partial charge in [-0.2, -0.15) is 0 Å². The molecule has 2 aliphatic carbocycles. The van der Waals surface area contributed by atoms with E-state index in [2.05, 4.69) is 15.6 Å². The minimum Gasteiger partial charge on any atom is -0.459 e. The van der Waals surface area contributed by atoms with Crippen molar-refractivity contribution in [3.63, 3.8) is 0 Å². The number of hydrogen-bond donors (Lipinski definition) is 2. The molecule has 2 atom stereocenters. The van der Waals surface area contributed by atoms with Crippen molar-refractivity contribution < 1.29 is 47.7 Å². The van der Waals surface area contributed by atoms with Gasteiger partial charge >= 0.3 is 11.9 Å². The molecule has 1 aromatic heterocycles. The van der Waals surface area contributed by atoms with Gasteiger partial charge in [-0.25, -0.2) is 0 Å². The van der Waals surface area contributed by atoms with Crippen molar-refractivity contribution in [2.24, 2.45) is 11.8 Å². The van der Waals surface area contributed by atoms with Crippen LogP contribution in [0.15, 0.2) is 54.9 Å². The predicted molar refractivity (Wildman–Crippen MR) is 221 cm³/mol. The van der Waals surface area contributed by atoms with Crippen LogP contribution in [0.1, 0.15) is 109 Å². The van der Waals surface area contributed by atoms with Crippen LogP contribution in [0, 0.1) is 11.8 Å². The highest BCUT2D eigenvalue weighted by atomic mass is 16.6. The average Bonchev–Trinajstić information content (AvgIpc) is 3.53. The molecule has 2 heterocycles. The summed E-state index contributed by atoms with van der Waals surface area (Å²) in [7, 11) is 1.72. The Bertz CT molecular complexity index is 1720. The standard InChI is InChI=1S/C45H63N5O10/c1-45(2,3)60-41(54)29-50(28-40(53)59-30-31-10-6-5-7-11-31)44(56)32-14-16-34(17-15-32)48-38(51)13-9-24-57-35-18-20-36(21-19-35)58-25-23-47-43(55)37-26-39(52)49(4)42(37)33-12-8-22-46-27-33/h5-8,10-12,22,27,32,34-37,42H,9,13-21,23-26,28-30H2,1-4H3,(H,47,55)(H,48,51)/t32?,34?,35?,36?,37-,42+/m0/s1. The first-order valence-corrected chi connectivity index (χ1v) is 21.4. The lowest BCUT2D eigenvalue weighted by Gasteiger charge is -2.32. The van der Waals surface area contributed by atoms with E-state index in [1.54, 1.807) is 45.1 Å². The second-order valence-electron chi connectivity index (χ2n) is 17.1. The van der Waals surface area contributed by atoms with E-state index in [0.717, 1.165) is 36.8 Å². The molecular formula is C45H63N5O10. The van der Waals surface area contributed by atoms with Gasteiger partial charge in [-0.3, -0.25) is 33.8 Å². The number of ether oxygens (including phenoxy) is 4. The molecule has 15 nitrogen and oxygen atoms in total. The van der Waals surface area contributed by atoms with Crippen LogP contribution in [0.3, 0.4) is 0 Å². The molecule has 0 bridgehead atoms. The van der Waals surface area contributed by atoms with E-state index in [1.165, 1.54) is 4.90 Å². The number of rotatable bonds is 19. The van der Waals surface area contributed by atoms with Crippen molar-refractivity contribution in [2.75, 3.05) is 39.9 Å². The Balaban J connectivity index is 0.929. The number of hydrogen-bond acceptors (Lipinski definition) is 11. The van der Waals surface area contributed by atoms with Gasteiger partial charge in [0.2, 0.25) is 23.6 Å². The van der Waals surface area contributed by atoms with Crippen molar-refractivity contribution in [3.8, 4) is 0 Å². The molecular weight excluding hydrogens is 771 g/mol. The maximum Gasteiger partial charge on any atom is 0.326 e. The molecule has 1 aliphatic heterocycles. The van der Waals surface area contributed by atoms with Crippen LogP contribution in [0.5, 0.6) is 0 Å². The zero-order valence-corrected chi connectivity index (χ0v) is 35.6. The number of carbonyl (C=O) groups is 6. The minimum atomic E-state index is -0.743. The molecule has 1 aromatic carbocycles. The molecule has 0 unspecified atom stereocenters. The fourth-order valence-electron chi connectivity index (χ4n) is 8.21. The number of aromatic nitrogens is 1. The lowest BCUT2D eigenvalue weighted by atomic mass is 9.85. The molecule has 0 radical (unpaired) electrons. The molecule has 4 amide bonds. The van der Waals surface area contributed by atoms with Crippen molar-refractivity contribution in [1.29, 1.82) is 0 Å². The van der Waals surface area contributed by atoms with E-state index >= 15 is 0 Å². The van der Waals surface area contributed by atoms with Crippen molar-refractivity contribution in [2.45, 2.75) is 128 Å². The summed E-state index contributed by atoms with van der Waals surface area (Å²) in [5.41, 5.74) is 0.916. The monoisotopic (exact) mass is 833 g/mol. The Hall–Kier alpha value is -4.89. The number of benzene rings is 1. The van der Waals surface area contributed by atoms with E-state index in [4.69, 9.17) is 18.9 Å². The first-order chi connectivity index (χ1) is 28.8. The molecule has 2 N–H and O–H groups in total. The highest BCUT2D eigenvalue weighted by Crippen LogP contribution is 2.36. The van der Waals surface area contributed by atoms with Gasteiger partial charge in [0.25, 0.3) is 0 Å². The molecule has 2 aromatic rings. The van der Waals surface area contributed by atoms with Crippen LogP contribution in [-0.2, 0) is 54.3 Å². The van der Waals surface area contributed by atoms with E-state index in [-0.39, 0.29) is 80.0 Å². The fourth-order valence-corrected chi connectivity index (χ4v) is 8.21. The Morgan fingerprint density at radius 3 is 2.17 bits per heavy atom. The van der Waals surface area contributed by atoms with Crippen LogP contribution in [0.2, 0.25) is 0 Å². The summed E-state index contributed by atoms with van der Waals surface area (Å²) in [5.74, 6) is -2.64. The van der Waals surface area contributed by atoms with E-state index in [9.17, 15) is 28.8 Å². The molecule has 60 heavy (non-hydrogen) atoms. The predicted octanol–water partition coefficient (Wildman–Crippen LogP) is 4.43. The SMILES string of the molecule is CN1C(=O)C[C@H](C(=O)NCCOC2CCC(OCCCC(=O)NC3CCC(C(=O)N(CC(=O)OCc4ccccc4)CC(=O)OC(C)(C)C)CC3)CC2)[C@H]1c1cccnc1. The van der Waals surface area contributed by atoms with Crippen LogP contribution >= 0.6 is 0 Å². The maximum absolute atomic E-state index is 13.6. The van der Waals surface area contributed by atoms with Gasteiger partial charge in [-0.05, 0) is 95.8 Å². The maximum atomic E-state index is 13.6. The number of nitrogens with zero attached hydrogens (tertiary/aromatic N) is 3. The number of amides is 4. The summed E-state index contributed by atoms with van der Waals surface area (Å²) in [6, 6.07) is 12.5. The fraction of sp³-hybridized carbons (Fsp3) is 0.622. The van der Waals surface area contributed by atoms with Crippen molar-refractivity contribution in [1.82, 2.24) is 25.4 Å². The number of esters is 2. The van der Waals surface area contributed by atoms with Gasteiger partial charge < -0.3 is 39.4 Å². The molecule has 3 aliphatic rings. The summed E-state index contributed by atoms with van der Waals surface area (Å²) in [5, 5.41) is 6.06. The lowest BCUT2D eigenvalue weighted by molar-refractivity contribution is -0.162. The Labute approximate surface area is 353 Å². The van der Waals surface area contributed by atoms with Gasteiger partial charge in [0, 0.05) is 57.4 Å². The molecule has 15 heteroatoms. The Kier molecular flexibility index (Phi) is 17.4.